The van der Waals surface area contributed by atoms with Gasteiger partial charge in [-0.3, -0.25) is 9.59 Å². The van der Waals surface area contributed by atoms with Crippen molar-refractivity contribution >= 4 is 29.6 Å². The standard InChI is InChI=1S/C22H19ClN2O3/c1-12-2-3-15(10-17(12)23)18-9-8-16(28-18)11-24-25-21(26)19-13-4-5-14(7-6-13)20(19)22(25)27/h2-5,8-11,13-14,19-20H,6-7H2,1H3/b24-11-/t13-,14-,19-,20+/m0/s1. The van der Waals surface area contributed by atoms with E-state index in [-0.39, 0.29) is 35.5 Å². The van der Waals surface area contributed by atoms with Gasteiger partial charge in [0.25, 0.3) is 11.8 Å². The van der Waals surface area contributed by atoms with Crippen molar-refractivity contribution in [1.82, 2.24) is 5.01 Å². The topological polar surface area (TPSA) is 62.9 Å². The maximum absolute atomic E-state index is 12.8. The van der Waals surface area contributed by atoms with Crippen LogP contribution in [0.5, 0.6) is 0 Å². The van der Waals surface area contributed by atoms with Gasteiger partial charge >= 0.3 is 0 Å². The van der Waals surface area contributed by atoms with E-state index >= 15 is 0 Å². The quantitative estimate of drug-likeness (QED) is 0.439. The molecule has 4 aliphatic rings. The molecule has 2 bridgehead atoms. The lowest BCUT2D eigenvalue weighted by atomic mass is 9.63. The third kappa shape index (κ3) is 2.65. The summed E-state index contributed by atoms with van der Waals surface area (Å²) in [5, 5.41) is 5.89. The molecule has 0 radical (unpaired) electrons. The highest BCUT2D eigenvalue weighted by atomic mass is 35.5. The molecule has 5 nitrogen and oxygen atoms in total. The molecule has 1 aromatic carbocycles. The Kier molecular flexibility index (Phi) is 4.02. The molecule has 2 heterocycles. The molecule has 6 heteroatoms. The normalized spacial score (nSPS) is 28.6. The van der Waals surface area contributed by atoms with Crippen molar-refractivity contribution in [1.29, 1.82) is 0 Å². The van der Waals surface area contributed by atoms with Crippen molar-refractivity contribution in [2.24, 2.45) is 28.8 Å². The number of carbonyl (C=O) groups excluding carboxylic acids is 2. The van der Waals surface area contributed by atoms with Gasteiger partial charge in [0, 0.05) is 10.6 Å². The molecule has 28 heavy (non-hydrogen) atoms. The summed E-state index contributed by atoms with van der Waals surface area (Å²) in [6.45, 7) is 1.94. The van der Waals surface area contributed by atoms with Crippen LogP contribution in [0.4, 0.5) is 0 Å². The Morgan fingerprint density at radius 1 is 1.07 bits per heavy atom. The SMILES string of the molecule is Cc1ccc(-c2ccc(/C=N\N3C(=O)[C@@H]4[C@H](C3=O)[C@H]3C=C[C@H]4CC3)o2)cc1Cl. The zero-order valence-corrected chi connectivity index (χ0v) is 16.1. The predicted molar refractivity (Wildman–Crippen MR) is 106 cm³/mol. The van der Waals surface area contributed by atoms with Gasteiger partial charge < -0.3 is 4.42 Å². The molecule has 3 aliphatic carbocycles. The number of allylic oxidation sites excluding steroid dienone is 2. The lowest BCUT2D eigenvalue weighted by molar-refractivity contribution is -0.140. The second-order valence-corrected chi connectivity index (χ2v) is 8.15. The number of hydrogen-bond donors (Lipinski definition) is 0. The number of aryl methyl sites for hydroxylation is 1. The summed E-state index contributed by atoms with van der Waals surface area (Å²) in [5.74, 6) is 0.554. The Morgan fingerprint density at radius 2 is 1.75 bits per heavy atom. The lowest BCUT2D eigenvalue weighted by Crippen LogP contribution is -2.38. The first-order chi connectivity index (χ1) is 13.5. The van der Waals surface area contributed by atoms with Gasteiger partial charge in [0.2, 0.25) is 0 Å². The predicted octanol–water partition coefficient (Wildman–Crippen LogP) is 4.44. The summed E-state index contributed by atoms with van der Waals surface area (Å²) in [4.78, 5) is 25.5. The molecule has 1 saturated heterocycles. The largest absolute Gasteiger partial charge is 0.455 e. The number of amides is 2. The van der Waals surface area contributed by atoms with Gasteiger partial charge in [-0.05, 0) is 55.4 Å². The zero-order chi connectivity index (χ0) is 19.4. The number of hydrazone groups is 1. The second-order valence-electron chi connectivity index (χ2n) is 7.74. The molecular formula is C22H19ClN2O3. The summed E-state index contributed by atoms with van der Waals surface area (Å²) < 4.78 is 5.80. The number of rotatable bonds is 3. The van der Waals surface area contributed by atoms with E-state index in [1.807, 2.05) is 31.2 Å². The van der Waals surface area contributed by atoms with Crippen molar-refractivity contribution in [3.8, 4) is 11.3 Å². The molecular weight excluding hydrogens is 376 g/mol. The number of carbonyl (C=O) groups is 2. The molecule has 1 saturated carbocycles. The summed E-state index contributed by atoms with van der Waals surface area (Å²) in [6, 6.07) is 9.29. The highest BCUT2D eigenvalue weighted by Gasteiger charge is 2.56. The van der Waals surface area contributed by atoms with Gasteiger partial charge in [-0.1, -0.05) is 35.9 Å². The van der Waals surface area contributed by atoms with Gasteiger partial charge in [0.15, 0.2) is 0 Å². The van der Waals surface area contributed by atoms with Crippen LogP contribution in [0.3, 0.4) is 0 Å². The van der Waals surface area contributed by atoms with Crippen molar-refractivity contribution in [3.05, 3.63) is 58.8 Å². The van der Waals surface area contributed by atoms with Crippen LogP contribution in [-0.4, -0.2) is 23.0 Å². The van der Waals surface area contributed by atoms with E-state index in [0.29, 0.717) is 16.5 Å². The molecule has 2 fully saturated rings. The van der Waals surface area contributed by atoms with E-state index in [0.717, 1.165) is 29.0 Å². The first-order valence-corrected chi connectivity index (χ1v) is 9.87. The number of furan rings is 1. The number of halogens is 1. The number of benzene rings is 1. The third-order valence-corrected chi connectivity index (χ3v) is 6.53. The fourth-order valence-corrected chi connectivity index (χ4v) is 4.79. The molecule has 4 atom stereocenters. The maximum Gasteiger partial charge on any atom is 0.254 e. The van der Waals surface area contributed by atoms with E-state index in [2.05, 4.69) is 17.3 Å². The number of hydrogen-bond acceptors (Lipinski definition) is 4. The van der Waals surface area contributed by atoms with Crippen LogP contribution in [0.2, 0.25) is 5.02 Å². The third-order valence-electron chi connectivity index (χ3n) is 6.12. The fourth-order valence-electron chi connectivity index (χ4n) is 4.61. The van der Waals surface area contributed by atoms with Crippen molar-refractivity contribution in [2.45, 2.75) is 19.8 Å². The highest BCUT2D eigenvalue weighted by molar-refractivity contribution is 6.31. The van der Waals surface area contributed by atoms with Gasteiger partial charge in [0.1, 0.15) is 11.5 Å². The monoisotopic (exact) mass is 394 g/mol. The average molecular weight is 395 g/mol. The number of fused-ring (bicyclic) bond motifs is 1. The van der Waals surface area contributed by atoms with Crippen LogP contribution in [0, 0.1) is 30.6 Å². The Labute approximate surface area is 167 Å². The molecule has 142 valence electrons. The van der Waals surface area contributed by atoms with E-state index in [9.17, 15) is 9.59 Å². The first-order valence-electron chi connectivity index (χ1n) is 9.49. The van der Waals surface area contributed by atoms with Gasteiger partial charge in [-0.15, -0.1) is 0 Å². The summed E-state index contributed by atoms with van der Waals surface area (Å²) in [7, 11) is 0. The van der Waals surface area contributed by atoms with Crippen LogP contribution in [0.1, 0.15) is 24.2 Å². The van der Waals surface area contributed by atoms with Crippen molar-refractivity contribution < 1.29 is 14.0 Å². The minimum atomic E-state index is -0.254. The zero-order valence-electron chi connectivity index (χ0n) is 15.3. The average Bonchev–Trinajstić information content (AvgIpc) is 3.28. The minimum Gasteiger partial charge on any atom is -0.455 e. The maximum atomic E-state index is 12.8. The number of imide groups is 1. The van der Waals surface area contributed by atoms with E-state index in [4.69, 9.17) is 16.0 Å². The molecule has 6 rings (SSSR count). The minimum absolute atomic E-state index is 0.160. The van der Waals surface area contributed by atoms with E-state index in [1.165, 1.54) is 6.21 Å². The molecule has 0 unspecified atom stereocenters. The Morgan fingerprint density at radius 3 is 2.36 bits per heavy atom. The van der Waals surface area contributed by atoms with Crippen molar-refractivity contribution in [2.75, 3.05) is 0 Å². The summed E-state index contributed by atoms with van der Waals surface area (Å²) >= 11 is 6.18. The first kappa shape index (κ1) is 17.4. The van der Waals surface area contributed by atoms with Crippen LogP contribution in [-0.2, 0) is 9.59 Å². The molecule has 0 N–H and O–H groups in total. The second kappa shape index (κ2) is 6.45. The Balaban J connectivity index is 1.37. The molecule has 0 spiro atoms. The molecule has 2 amide bonds. The highest BCUT2D eigenvalue weighted by Crippen LogP contribution is 2.49. The van der Waals surface area contributed by atoms with Crippen LogP contribution < -0.4 is 0 Å². The summed E-state index contributed by atoms with van der Waals surface area (Å²) in [5.41, 5.74) is 1.85. The Hall–Kier alpha value is -2.66. The van der Waals surface area contributed by atoms with E-state index < -0.39 is 0 Å². The Bertz CT molecular complexity index is 1010. The van der Waals surface area contributed by atoms with Gasteiger partial charge in [0.05, 0.1) is 18.1 Å². The fraction of sp³-hybridized carbons (Fsp3) is 0.318. The van der Waals surface area contributed by atoms with Crippen molar-refractivity contribution in [3.63, 3.8) is 0 Å². The van der Waals surface area contributed by atoms with E-state index in [1.54, 1.807) is 6.07 Å². The van der Waals surface area contributed by atoms with Gasteiger partial charge in [-0.25, -0.2) is 0 Å². The lowest BCUT2D eigenvalue weighted by Gasteiger charge is -2.37. The van der Waals surface area contributed by atoms with Gasteiger partial charge in [-0.2, -0.15) is 10.1 Å². The van der Waals surface area contributed by atoms with Crippen LogP contribution in [0.15, 0.2) is 52.0 Å². The smallest absolute Gasteiger partial charge is 0.254 e. The molecule has 1 aliphatic heterocycles. The van der Waals surface area contributed by atoms with Crippen LogP contribution in [0.25, 0.3) is 11.3 Å². The van der Waals surface area contributed by atoms with Crippen LogP contribution >= 0.6 is 11.6 Å². The number of nitrogens with zero attached hydrogens (tertiary/aromatic N) is 2. The molecule has 2 aromatic rings. The molecule has 1 aromatic heterocycles. The summed E-state index contributed by atoms with van der Waals surface area (Å²) in [6.07, 6.45) is 7.57.